The Labute approximate surface area is 148 Å². The van der Waals surface area contributed by atoms with Crippen LogP contribution >= 0.6 is 0 Å². The van der Waals surface area contributed by atoms with Crippen molar-refractivity contribution < 1.29 is 14.0 Å². The van der Waals surface area contributed by atoms with Crippen LogP contribution in [0.1, 0.15) is 49.8 Å². The molecule has 0 aromatic heterocycles. The first-order chi connectivity index (χ1) is 12.1. The van der Waals surface area contributed by atoms with Crippen LogP contribution in [0.25, 0.3) is 0 Å². The van der Waals surface area contributed by atoms with Crippen molar-refractivity contribution in [2.75, 3.05) is 19.6 Å². The van der Waals surface area contributed by atoms with Gasteiger partial charge in [0.25, 0.3) is 0 Å². The largest absolute Gasteiger partial charge is 0.356 e. The number of likely N-dealkylation sites (tertiary alicyclic amines) is 1. The van der Waals surface area contributed by atoms with E-state index in [0.717, 1.165) is 43.2 Å². The maximum atomic E-state index is 13.3. The molecule has 3 rings (SSSR count). The highest BCUT2D eigenvalue weighted by Crippen LogP contribution is 2.31. The second-order valence-electron chi connectivity index (χ2n) is 6.96. The van der Waals surface area contributed by atoms with E-state index in [0.29, 0.717) is 19.6 Å². The molecular weight excluding hydrogens is 321 g/mol. The number of urea groups is 1. The van der Waals surface area contributed by atoms with Gasteiger partial charge in [-0.05, 0) is 55.4 Å². The summed E-state index contributed by atoms with van der Waals surface area (Å²) in [7, 11) is 0. The van der Waals surface area contributed by atoms with Gasteiger partial charge in [-0.3, -0.25) is 4.79 Å². The summed E-state index contributed by atoms with van der Waals surface area (Å²) in [4.78, 5) is 26.5. The van der Waals surface area contributed by atoms with Crippen molar-refractivity contribution in [2.24, 2.45) is 5.92 Å². The summed E-state index contributed by atoms with van der Waals surface area (Å²) in [5.74, 6) is -0.320. The van der Waals surface area contributed by atoms with Gasteiger partial charge in [-0.15, -0.1) is 0 Å². The molecule has 1 aliphatic heterocycles. The standard InChI is InChI=1S/C19H26FN3O2/c1-2-9-21-18(24)14-4-3-10-23(12-14)19(25)22-17-8-5-13-11-15(20)6-7-16(13)17/h6-7,11,14,17H,2-5,8-10,12H2,1H3,(H,21,24)(H,22,25)/t14-,17+/m0/s1. The summed E-state index contributed by atoms with van der Waals surface area (Å²) < 4.78 is 13.3. The lowest BCUT2D eigenvalue weighted by Gasteiger charge is -2.33. The van der Waals surface area contributed by atoms with Crippen LogP contribution in [0.4, 0.5) is 9.18 Å². The van der Waals surface area contributed by atoms with Gasteiger partial charge in [0.1, 0.15) is 5.82 Å². The van der Waals surface area contributed by atoms with E-state index in [-0.39, 0.29) is 29.7 Å². The third-order valence-corrected chi connectivity index (χ3v) is 5.11. The predicted octanol–water partition coefficient (Wildman–Crippen LogP) is 2.76. The highest BCUT2D eigenvalue weighted by Gasteiger charge is 2.31. The Bertz CT molecular complexity index is 650. The Morgan fingerprint density at radius 3 is 2.96 bits per heavy atom. The molecule has 0 spiro atoms. The average molecular weight is 347 g/mol. The molecule has 1 saturated heterocycles. The molecule has 5 nitrogen and oxygen atoms in total. The number of rotatable bonds is 4. The van der Waals surface area contributed by atoms with Gasteiger partial charge in [-0.2, -0.15) is 0 Å². The van der Waals surface area contributed by atoms with E-state index in [2.05, 4.69) is 10.6 Å². The lowest BCUT2D eigenvalue weighted by atomic mass is 9.97. The zero-order valence-corrected chi connectivity index (χ0v) is 14.7. The highest BCUT2D eigenvalue weighted by atomic mass is 19.1. The van der Waals surface area contributed by atoms with Gasteiger partial charge in [0, 0.05) is 19.6 Å². The van der Waals surface area contributed by atoms with Crippen molar-refractivity contribution in [2.45, 2.75) is 45.1 Å². The van der Waals surface area contributed by atoms with E-state index in [1.807, 2.05) is 6.92 Å². The minimum Gasteiger partial charge on any atom is -0.356 e. The van der Waals surface area contributed by atoms with E-state index < -0.39 is 0 Å². The first kappa shape index (κ1) is 17.7. The number of halogens is 1. The van der Waals surface area contributed by atoms with Crippen LogP contribution in [0.5, 0.6) is 0 Å². The van der Waals surface area contributed by atoms with Crippen LogP contribution in [0, 0.1) is 11.7 Å². The minimum atomic E-state index is -0.234. The molecule has 6 heteroatoms. The molecule has 0 unspecified atom stereocenters. The van der Waals surface area contributed by atoms with Gasteiger partial charge in [0.2, 0.25) is 5.91 Å². The summed E-state index contributed by atoms with van der Waals surface area (Å²) in [6, 6.07) is 4.56. The first-order valence-corrected chi connectivity index (χ1v) is 9.20. The molecule has 0 bridgehead atoms. The minimum absolute atomic E-state index is 0.0426. The second kappa shape index (κ2) is 7.85. The summed E-state index contributed by atoms with van der Waals surface area (Å²) in [6.45, 7) is 3.83. The quantitative estimate of drug-likeness (QED) is 0.880. The first-order valence-electron chi connectivity index (χ1n) is 9.20. The van der Waals surface area contributed by atoms with E-state index in [1.165, 1.54) is 6.07 Å². The number of amides is 3. The van der Waals surface area contributed by atoms with E-state index in [9.17, 15) is 14.0 Å². The van der Waals surface area contributed by atoms with Gasteiger partial charge in [0.15, 0.2) is 0 Å². The van der Waals surface area contributed by atoms with Gasteiger partial charge < -0.3 is 15.5 Å². The third-order valence-electron chi connectivity index (χ3n) is 5.11. The van der Waals surface area contributed by atoms with Crippen molar-refractivity contribution in [1.29, 1.82) is 0 Å². The maximum absolute atomic E-state index is 13.3. The lowest BCUT2D eigenvalue weighted by Crippen LogP contribution is -2.49. The predicted molar refractivity (Wildman–Crippen MR) is 93.6 cm³/mol. The van der Waals surface area contributed by atoms with E-state index in [4.69, 9.17) is 0 Å². The molecule has 0 radical (unpaired) electrons. The van der Waals surface area contributed by atoms with E-state index in [1.54, 1.807) is 17.0 Å². The number of hydrogen-bond acceptors (Lipinski definition) is 2. The number of carbonyl (C=O) groups is 2. The fourth-order valence-electron chi connectivity index (χ4n) is 3.74. The molecule has 25 heavy (non-hydrogen) atoms. The van der Waals surface area contributed by atoms with Crippen LogP contribution in [-0.4, -0.2) is 36.5 Å². The molecule has 1 heterocycles. The van der Waals surface area contributed by atoms with Crippen LogP contribution in [0.15, 0.2) is 18.2 Å². The number of fused-ring (bicyclic) bond motifs is 1. The summed E-state index contributed by atoms with van der Waals surface area (Å²) >= 11 is 0. The van der Waals surface area contributed by atoms with Crippen molar-refractivity contribution in [3.63, 3.8) is 0 Å². The topological polar surface area (TPSA) is 61.4 Å². The van der Waals surface area contributed by atoms with Crippen molar-refractivity contribution in [1.82, 2.24) is 15.5 Å². The Kier molecular flexibility index (Phi) is 5.56. The fourth-order valence-corrected chi connectivity index (χ4v) is 3.74. The third kappa shape index (κ3) is 4.11. The number of hydrogen-bond donors (Lipinski definition) is 2. The molecule has 2 atom stereocenters. The van der Waals surface area contributed by atoms with Gasteiger partial charge >= 0.3 is 6.03 Å². The number of aryl methyl sites for hydroxylation is 1. The number of piperidine rings is 1. The Morgan fingerprint density at radius 2 is 2.16 bits per heavy atom. The molecule has 136 valence electrons. The van der Waals surface area contributed by atoms with Crippen LogP contribution in [0.3, 0.4) is 0 Å². The fraction of sp³-hybridized carbons (Fsp3) is 0.579. The average Bonchev–Trinajstić information content (AvgIpc) is 3.01. The maximum Gasteiger partial charge on any atom is 0.317 e. The smallest absolute Gasteiger partial charge is 0.317 e. The second-order valence-corrected chi connectivity index (χ2v) is 6.96. The van der Waals surface area contributed by atoms with E-state index >= 15 is 0 Å². The number of benzene rings is 1. The van der Waals surface area contributed by atoms with Crippen LogP contribution in [-0.2, 0) is 11.2 Å². The van der Waals surface area contributed by atoms with Crippen molar-refractivity contribution >= 4 is 11.9 Å². The normalized spacial score (nSPS) is 22.4. The van der Waals surface area contributed by atoms with Crippen LogP contribution < -0.4 is 10.6 Å². The molecule has 1 aromatic rings. The summed E-state index contributed by atoms with van der Waals surface area (Å²) in [6.07, 6.45) is 4.14. The molecule has 1 aromatic carbocycles. The van der Waals surface area contributed by atoms with Crippen molar-refractivity contribution in [3.8, 4) is 0 Å². The Balaban J connectivity index is 1.58. The Morgan fingerprint density at radius 1 is 1.32 bits per heavy atom. The molecule has 1 fully saturated rings. The van der Waals surface area contributed by atoms with Crippen molar-refractivity contribution in [3.05, 3.63) is 35.1 Å². The molecule has 0 saturated carbocycles. The number of nitrogens with zero attached hydrogens (tertiary/aromatic N) is 1. The molecular formula is C19H26FN3O2. The lowest BCUT2D eigenvalue weighted by molar-refractivity contribution is -0.126. The van der Waals surface area contributed by atoms with Crippen LogP contribution in [0.2, 0.25) is 0 Å². The summed E-state index contributed by atoms with van der Waals surface area (Å²) in [5, 5.41) is 5.98. The zero-order valence-electron chi connectivity index (χ0n) is 14.7. The molecule has 2 aliphatic rings. The Hall–Kier alpha value is -2.11. The zero-order chi connectivity index (χ0) is 17.8. The SMILES string of the molecule is CCCNC(=O)[C@H]1CCCN(C(=O)N[C@@H]2CCc3cc(F)ccc32)C1. The number of carbonyl (C=O) groups excluding carboxylic acids is 2. The molecule has 1 aliphatic carbocycles. The monoisotopic (exact) mass is 347 g/mol. The molecule has 3 amide bonds. The highest BCUT2D eigenvalue weighted by molar-refractivity contribution is 5.81. The van der Waals surface area contributed by atoms with Gasteiger partial charge in [-0.1, -0.05) is 13.0 Å². The number of nitrogens with one attached hydrogen (secondary N) is 2. The summed E-state index contributed by atoms with van der Waals surface area (Å²) in [5.41, 5.74) is 1.98. The van der Waals surface area contributed by atoms with Gasteiger partial charge in [-0.25, -0.2) is 9.18 Å². The van der Waals surface area contributed by atoms with Gasteiger partial charge in [0.05, 0.1) is 12.0 Å². The molecule has 2 N–H and O–H groups in total.